The fourth-order valence-corrected chi connectivity index (χ4v) is 4.94. The number of anilines is 2. The molecule has 0 aliphatic carbocycles. The van der Waals surface area contributed by atoms with Crippen molar-refractivity contribution in [2.45, 2.75) is 39.8 Å². The summed E-state index contributed by atoms with van der Waals surface area (Å²) in [6.45, 7) is 3.72. The highest BCUT2D eigenvalue weighted by molar-refractivity contribution is 6.27. The second-order valence-corrected chi connectivity index (χ2v) is 11.1. The Morgan fingerprint density at radius 2 is 0.917 bits per heavy atom. The molecule has 6 rings (SSSR count). The SMILES string of the molecule is Cc1ccc2[o+]c3ccc(C)c(NC(F)(F)CF)c3cc2c1.Cc1ccc2[o+]c3ccc(C)c(NC(F)(F)CF)c3cc2c1.[O-]B([O-])F. The highest BCUT2D eigenvalue weighted by atomic mass is 19.3. The predicted octanol–water partition coefficient (Wildman–Crippen LogP) is 8.58. The van der Waals surface area contributed by atoms with Crippen LogP contribution < -0.4 is 20.7 Å². The standard InChI is InChI=1S/2C17H15F3NO.BFO2/c2*1-10-3-5-14-12(7-10)8-13-15(22-14)6-4-11(2)16(13)21-17(19,20)9-18;2-1(3)4/h2*3-8,21H,9H2,1-2H3;/q2*+1;-2. The summed E-state index contributed by atoms with van der Waals surface area (Å²) >= 11 is 0. The Labute approximate surface area is 271 Å². The third kappa shape index (κ3) is 8.81. The smallest absolute Gasteiger partial charge is 0.362 e. The number of rotatable bonds is 6. The van der Waals surface area contributed by atoms with Crippen LogP contribution in [0.5, 0.6) is 0 Å². The highest BCUT2D eigenvalue weighted by Gasteiger charge is 2.32. The van der Waals surface area contributed by atoms with E-state index in [-0.39, 0.29) is 11.4 Å². The molecule has 48 heavy (non-hydrogen) atoms. The maximum absolute atomic E-state index is 13.4. The van der Waals surface area contributed by atoms with E-state index in [9.17, 15) is 30.7 Å². The van der Waals surface area contributed by atoms with Crippen molar-refractivity contribution >= 4 is 62.6 Å². The zero-order valence-corrected chi connectivity index (χ0v) is 26.2. The molecule has 252 valence electrons. The van der Waals surface area contributed by atoms with E-state index in [0.29, 0.717) is 44.2 Å². The average molecular weight is 674 g/mol. The van der Waals surface area contributed by atoms with Crippen LogP contribution in [0, 0.1) is 27.7 Å². The van der Waals surface area contributed by atoms with Gasteiger partial charge in [0.15, 0.2) is 13.3 Å². The van der Waals surface area contributed by atoms with Gasteiger partial charge in [-0.1, -0.05) is 0 Å². The molecule has 0 unspecified atom stereocenters. The number of hydrogen-bond donors (Lipinski definition) is 2. The average Bonchev–Trinajstić information content (AvgIpc) is 3.02. The van der Waals surface area contributed by atoms with Crippen molar-refractivity contribution in [2.75, 3.05) is 24.0 Å². The molecule has 0 saturated carbocycles. The molecule has 0 bridgehead atoms. The number of benzene rings is 4. The molecule has 6 aromatic rings. The van der Waals surface area contributed by atoms with Gasteiger partial charge in [-0.3, -0.25) is 0 Å². The molecule has 0 spiro atoms. The first kappa shape index (κ1) is 36.2. The zero-order chi connectivity index (χ0) is 35.4. The van der Waals surface area contributed by atoms with Crippen molar-refractivity contribution in [1.82, 2.24) is 0 Å². The summed E-state index contributed by atoms with van der Waals surface area (Å²) in [4.78, 5) is 0. The van der Waals surface area contributed by atoms with Gasteiger partial charge < -0.3 is 25.0 Å². The molecule has 6 nitrogen and oxygen atoms in total. The zero-order valence-electron chi connectivity index (χ0n) is 26.2. The van der Waals surface area contributed by atoms with Crippen LogP contribution >= 0.6 is 0 Å². The monoisotopic (exact) mass is 674 g/mol. The van der Waals surface area contributed by atoms with Gasteiger partial charge in [0.25, 0.3) is 0 Å². The lowest BCUT2D eigenvalue weighted by Gasteiger charge is -2.17. The summed E-state index contributed by atoms with van der Waals surface area (Å²) in [7, 11) is -3.17. The molecule has 4 aromatic carbocycles. The normalized spacial score (nSPS) is 11.6. The molecule has 14 heteroatoms. The van der Waals surface area contributed by atoms with E-state index in [0.717, 1.165) is 21.9 Å². The van der Waals surface area contributed by atoms with Crippen LogP contribution in [0.2, 0.25) is 0 Å². The van der Waals surface area contributed by atoms with Gasteiger partial charge >= 0.3 is 34.4 Å². The molecular formula is C34H30BF7N2O4. The van der Waals surface area contributed by atoms with Gasteiger partial charge in [0, 0.05) is 24.3 Å². The van der Waals surface area contributed by atoms with Crippen LogP contribution in [-0.4, -0.2) is 32.8 Å². The fourth-order valence-electron chi connectivity index (χ4n) is 4.94. The van der Waals surface area contributed by atoms with Crippen molar-refractivity contribution in [2.24, 2.45) is 0 Å². The van der Waals surface area contributed by atoms with Crippen LogP contribution in [0.3, 0.4) is 0 Å². The summed E-state index contributed by atoms with van der Waals surface area (Å²) in [6, 6.07) is 14.5. The van der Waals surface area contributed by atoms with Gasteiger partial charge in [-0.05, 0) is 98.5 Å². The fraction of sp³-hybridized carbons (Fsp3) is 0.235. The van der Waals surface area contributed by atoms with Crippen molar-refractivity contribution in [1.29, 1.82) is 0 Å². The molecule has 0 fully saturated rings. The maximum Gasteiger partial charge on any atom is 0.362 e. The summed E-state index contributed by atoms with van der Waals surface area (Å²) < 4.78 is 100.0. The topological polar surface area (TPSA) is 92.8 Å². The molecule has 2 aromatic heterocycles. The van der Waals surface area contributed by atoms with Gasteiger partial charge in [-0.2, -0.15) is 17.6 Å². The van der Waals surface area contributed by atoms with Crippen molar-refractivity contribution in [3.63, 3.8) is 0 Å². The Morgan fingerprint density at radius 3 is 1.25 bits per heavy atom. The Kier molecular flexibility index (Phi) is 11.0. The summed E-state index contributed by atoms with van der Waals surface area (Å²) in [6.07, 6.45) is 0. The van der Waals surface area contributed by atoms with Crippen LogP contribution in [-0.2, 0) is 0 Å². The highest BCUT2D eigenvalue weighted by Crippen LogP contribution is 2.35. The van der Waals surface area contributed by atoms with E-state index >= 15 is 0 Å². The second-order valence-electron chi connectivity index (χ2n) is 11.1. The lowest BCUT2D eigenvalue weighted by atomic mass is 10.1. The first-order chi connectivity index (χ1) is 22.5. The van der Waals surface area contributed by atoms with E-state index < -0.39 is 32.8 Å². The number of nitrogens with one attached hydrogen (secondary N) is 2. The van der Waals surface area contributed by atoms with Gasteiger partial charge in [-0.25, -0.2) is 17.6 Å². The third-order valence-corrected chi connectivity index (χ3v) is 7.15. The molecule has 2 N–H and O–H groups in total. The van der Waals surface area contributed by atoms with Gasteiger partial charge in [-0.15, -0.1) is 0 Å². The minimum absolute atomic E-state index is 0.187. The summed E-state index contributed by atoms with van der Waals surface area (Å²) in [5.74, 6) is 0. The first-order valence-corrected chi connectivity index (χ1v) is 14.5. The Morgan fingerprint density at radius 1 is 0.583 bits per heavy atom. The van der Waals surface area contributed by atoms with Crippen LogP contribution in [0.1, 0.15) is 22.3 Å². The molecule has 0 atom stereocenters. The number of alkyl halides is 6. The number of halogens is 7. The van der Waals surface area contributed by atoms with Gasteiger partial charge in [0.1, 0.15) is 18.2 Å². The summed E-state index contributed by atoms with van der Waals surface area (Å²) in [5, 5.41) is 23.2. The Balaban J connectivity index is 0.000000195. The number of aryl methyl sites for hydroxylation is 4. The Hall–Kier alpha value is -4.69. The molecular weight excluding hydrogens is 644 g/mol. The van der Waals surface area contributed by atoms with Crippen LogP contribution in [0.25, 0.3) is 43.9 Å². The molecule has 0 radical (unpaired) electrons. The van der Waals surface area contributed by atoms with Crippen LogP contribution in [0.4, 0.5) is 42.0 Å². The molecule has 0 amide bonds. The van der Waals surface area contributed by atoms with Gasteiger partial charge in [0.05, 0.1) is 22.1 Å². The number of fused-ring (bicyclic) bond motifs is 4. The van der Waals surface area contributed by atoms with E-state index in [1.165, 1.54) is 0 Å². The number of hydrogen-bond acceptors (Lipinski definition) is 4. The molecule has 2 heterocycles. The maximum atomic E-state index is 13.4. The van der Waals surface area contributed by atoms with Crippen molar-refractivity contribution < 1.29 is 49.5 Å². The van der Waals surface area contributed by atoms with Crippen molar-refractivity contribution in [3.8, 4) is 0 Å². The van der Waals surface area contributed by atoms with Gasteiger partial charge in [0.2, 0.25) is 0 Å². The van der Waals surface area contributed by atoms with Crippen LogP contribution in [0.15, 0.2) is 81.6 Å². The largest absolute Gasteiger partial charge is 0.867 e. The van der Waals surface area contributed by atoms with E-state index in [1.54, 1.807) is 50.2 Å². The predicted molar refractivity (Wildman–Crippen MR) is 171 cm³/mol. The quantitative estimate of drug-likeness (QED) is 0.0605. The molecule has 0 aliphatic heterocycles. The second kappa shape index (κ2) is 14.6. The van der Waals surface area contributed by atoms with Crippen molar-refractivity contribution in [3.05, 3.63) is 95.1 Å². The van der Waals surface area contributed by atoms with E-state index in [2.05, 4.69) is 0 Å². The van der Waals surface area contributed by atoms with E-state index in [1.807, 2.05) is 60.9 Å². The third-order valence-electron chi connectivity index (χ3n) is 7.15. The molecule has 0 aliphatic rings. The minimum Gasteiger partial charge on any atom is -0.867 e. The summed E-state index contributed by atoms with van der Waals surface area (Å²) in [5.41, 5.74) is 5.94. The minimum atomic E-state index is -3.61. The first-order valence-electron chi connectivity index (χ1n) is 14.5. The van der Waals surface area contributed by atoms with E-state index in [4.69, 9.17) is 18.9 Å². The Bertz CT molecular complexity index is 1930. The molecule has 0 saturated heterocycles. The lowest BCUT2D eigenvalue weighted by molar-refractivity contribution is -0.366. The lowest BCUT2D eigenvalue weighted by Crippen LogP contribution is -2.39.